The van der Waals surface area contributed by atoms with E-state index in [0.717, 1.165) is 25.9 Å². The van der Waals surface area contributed by atoms with E-state index >= 15 is 0 Å². The number of hydrogen-bond donors (Lipinski definition) is 0. The number of hydroxylamine groups is 2. The fraction of sp³-hybridized carbons (Fsp3) is 1.00. The Balaban J connectivity index is 2.15. The van der Waals surface area contributed by atoms with Gasteiger partial charge in [0.15, 0.2) is 5.34 Å². The molecule has 0 spiro atoms. The molecule has 0 amide bonds. The van der Waals surface area contributed by atoms with Crippen molar-refractivity contribution in [3.8, 4) is 0 Å². The van der Waals surface area contributed by atoms with Crippen LogP contribution in [-0.4, -0.2) is 18.2 Å². The molecule has 0 radical (unpaired) electrons. The van der Waals surface area contributed by atoms with E-state index in [1.165, 1.54) is 6.42 Å². The number of nitrogens with zero attached hydrogens (tertiary/aromatic N) is 2. The second kappa shape index (κ2) is 3.40. The number of hydrogen-bond acceptors (Lipinski definition) is 4. The first-order chi connectivity index (χ1) is 4.43. The molecule has 1 fully saturated rings. The Morgan fingerprint density at radius 2 is 1.89 bits per heavy atom. The highest BCUT2D eigenvalue weighted by molar-refractivity contribution is 4.55. The van der Waals surface area contributed by atoms with Crippen LogP contribution in [0.15, 0.2) is 5.34 Å². The van der Waals surface area contributed by atoms with Crippen molar-refractivity contribution in [2.24, 2.45) is 5.34 Å². The van der Waals surface area contributed by atoms with E-state index in [4.69, 9.17) is 0 Å². The molecule has 0 N–H and O–H groups in total. The minimum atomic E-state index is 0.839. The fourth-order valence-electron chi connectivity index (χ4n) is 0.994. The van der Waals surface area contributed by atoms with Crippen LogP contribution in [0.5, 0.6) is 0 Å². The lowest BCUT2D eigenvalue weighted by molar-refractivity contribution is -0.170. The fourth-order valence-corrected chi connectivity index (χ4v) is 0.994. The van der Waals surface area contributed by atoms with Gasteiger partial charge in [0.05, 0.1) is 0 Å². The van der Waals surface area contributed by atoms with Crippen molar-refractivity contribution in [3.05, 3.63) is 4.91 Å². The monoisotopic (exact) mass is 130 g/mol. The summed E-state index contributed by atoms with van der Waals surface area (Å²) in [5.74, 6) is 0. The van der Waals surface area contributed by atoms with E-state index in [1.807, 2.05) is 0 Å². The average molecular weight is 130 g/mol. The van der Waals surface area contributed by atoms with Crippen LogP contribution < -0.4 is 0 Å². The van der Waals surface area contributed by atoms with Crippen LogP contribution >= 0.6 is 0 Å². The maximum Gasteiger partial charge on any atom is 0.176 e. The van der Waals surface area contributed by atoms with Crippen LogP contribution in [0.1, 0.15) is 19.3 Å². The summed E-state index contributed by atoms with van der Waals surface area (Å²) in [6.07, 6.45) is 3.45. The maximum atomic E-state index is 9.56. The van der Waals surface area contributed by atoms with Gasteiger partial charge in [-0.3, -0.25) is 4.94 Å². The van der Waals surface area contributed by atoms with E-state index in [2.05, 4.69) is 10.3 Å². The third kappa shape index (κ3) is 1.97. The van der Waals surface area contributed by atoms with Gasteiger partial charge in [-0.15, -0.1) is 9.97 Å². The zero-order chi connectivity index (χ0) is 6.53. The molecule has 0 aromatic carbocycles. The van der Waals surface area contributed by atoms with Crippen LogP contribution in [0.25, 0.3) is 0 Å². The predicted octanol–water partition coefficient (Wildman–Crippen LogP) is 1.09. The van der Waals surface area contributed by atoms with Gasteiger partial charge in [-0.1, -0.05) is 6.42 Å². The minimum Gasteiger partial charge on any atom is -0.260 e. The van der Waals surface area contributed by atoms with Crippen molar-refractivity contribution in [1.29, 1.82) is 0 Å². The summed E-state index contributed by atoms with van der Waals surface area (Å²) in [6.45, 7) is 1.68. The molecule has 9 heavy (non-hydrogen) atoms. The van der Waals surface area contributed by atoms with E-state index in [9.17, 15) is 4.91 Å². The topological polar surface area (TPSA) is 41.9 Å². The minimum absolute atomic E-state index is 0.839. The van der Waals surface area contributed by atoms with Gasteiger partial charge in [-0.05, 0) is 12.8 Å². The predicted molar refractivity (Wildman–Crippen MR) is 32.3 cm³/mol. The lowest BCUT2D eigenvalue weighted by Gasteiger charge is -2.20. The Bertz CT molecular complexity index is 91.0. The molecule has 0 unspecified atom stereocenters. The summed E-state index contributed by atoms with van der Waals surface area (Å²) < 4.78 is 0. The van der Waals surface area contributed by atoms with Gasteiger partial charge < -0.3 is 0 Å². The second-order valence-electron chi connectivity index (χ2n) is 2.15. The summed E-state index contributed by atoms with van der Waals surface area (Å²) in [5, 5.41) is 3.93. The second-order valence-corrected chi connectivity index (χ2v) is 2.15. The molecule has 4 nitrogen and oxygen atoms in total. The van der Waals surface area contributed by atoms with Crippen LogP contribution in [0, 0.1) is 4.91 Å². The Labute approximate surface area is 53.7 Å². The van der Waals surface area contributed by atoms with Crippen LogP contribution in [0.3, 0.4) is 0 Å². The van der Waals surface area contributed by atoms with Crippen molar-refractivity contribution in [2.45, 2.75) is 19.3 Å². The summed E-state index contributed by atoms with van der Waals surface area (Å²) in [7, 11) is 0. The van der Waals surface area contributed by atoms with Crippen molar-refractivity contribution >= 4 is 0 Å². The number of piperidine rings is 1. The average Bonchev–Trinajstić information content (AvgIpc) is 1.91. The molecule has 0 aromatic heterocycles. The Hall–Kier alpha value is -0.640. The summed E-state index contributed by atoms with van der Waals surface area (Å²) in [4.78, 5) is 13.9. The van der Waals surface area contributed by atoms with Gasteiger partial charge in [0, 0.05) is 13.1 Å². The summed E-state index contributed by atoms with van der Waals surface area (Å²) >= 11 is 0. The van der Waals surface area contributed by atoms with E-state index in [0.29, 0.717) is 0 Å². The molecular weight excluding hydrogens is 120 g/mol. The molecule has 0 atom stereocenters. The van der Waals surface area contributed by atoms with Crippen molar-refractivity contribution < 1.29 is 4.94 Å². The van der Waals surface area contributed by atoms with Gasteiger partial charge >= 0.3 is 0 Å². The molecule has 0 saturated carbocycles. The molecular formula is C5H10N2O2. The van der Waals surface area contributed by atoms with E-state index in [1.54, 1.807) is 5.06 Å². The molecule has 0 aromatic rings. The molecule has 1 aliphatic heterocycles. The largest absolute Gasteiger partial charge is 0.260 e. The molecule has 4 heteroatoms. The first kappa shape index (κ1) is 6.48. The zero-order valence-corrected chi connectivity index (χ0v) is 5.25. The highest BCUT2D eigenvalue weighted by atomic mass is 16.9. The third-order valence-electron chi connectivity index (χ3n) is 1.46. The molecule has 0 bridgehead atoms. The van der Waals surface area contributed by atoms with E-state index in [-0.39, 0.29) is 0 Å². The highest BCUT2D eigenvalue weighted by Crippen LogP contribution is 2.08. The van der Waals surface area contributed by atoms with Gasteiger partial charge in [-0.25, -0.2) is 0 Å². The molecule has 52 valence electrons. The Kier molecular flexibility index (Phi) is 2.45. The standard InChI is InChI=1S/C5H10N2O2/c8-6-9-7-4-2-1-3-5-7/h1-5H2. The Morgan fingerprint density at radius 3 is 2.44 bits per heavy atom. The first-order valence-electron chi connectivity index (χ1n) is 3.18. The third-order valence-corrected chi connectivity index (χ3v) is 1.46. The molecule has 1 saturated heterocycles. The van der Waals surface area contributed by atoms with Crippen molar-refractivity contribution in [2.75, 3.05) is 13.1 Å². The van der Waals surface area contributed by atoms with Gasteiger partial charge in [-0.2, -0.15) is 0 Å². The van der Waals surface area contributed by atoms with E-state index < -0.39 is 0 Å². The van der Waals surface area contributed by atoms with Crippen molar-refractivity contribution in [3.63, 3.8) is 0 Å². The normalized spacial score (nSPS) is 21.3. The zero-order valence-electron chi connectivity index (χ0n) is 5.25. The molecule has 1 heterocycles. The van der Waals surface area contributed by atoms with Gasteiger partial charge in [0.25, 0.3) is 0 Å². The van der Waals surface area contributed by atoms with Crippen LogP contribution in [0.4, 0.5) is 0 Å². The SMILES string of the molecule is O=NON1CCCCC1. The molecule has 1 aliphatic rings. The maximum absolute atomic E-state index is 9.56. The number of rotatable bonds is 2. The van der Waals surface area contributed by atoms with Crippen molar-refractivity contribution in [1.82, 2.24) is 5.06 Å². The highest BCUT2D eigenvalue weighted by Gasteiger charge is 2.10. The Morgan fingerprint density at radius 1 is 1.22 bits per heavy atom. The first-order valence-corrected chi connectivity index (χ1v) is 3.18. The van der Waals surface area contributed by atoms with Gasteiger partial charge in [0.1, 0.15) is 0 Å². The summed E-state index contributed by atoms with van der Waals surface area (Å²) in [5.41, 5.74) is 0. The smallest absolute Gasteiger partial charge is 0.176 e. The van der Waals surface area contributed by atoms with Crippen LogP contribution in [0.2, 0.25) is 0 Å². The lowest BCUT2D eigenvalue weighted by Crippen LogP contribution is -2.27. The lowest BCUT2D eigenvalue weighted by atomic mass is 10.2. The van der Waals surface area contributed by atoms with Gasteiger partial charge in [0.2, 0.25) is 0 Å². The van der Waals surface area contributed by atoms with Crippen LogP contribution in [-0.2, 0) is 4.94 Å². The quantitative estimate of drug-likeness (QED) is 0.415. The molecule has 1 rings (SSSR count). The molecule has 0 aliphatic carbocycles. The summed E-state index contributed by atoms with van der Waals surface area (Å²) in [6, 6.07) is 0.